The maximum atomic E-state index is 11.8. The molecule has 1 amide bonds. The summed E-state index contributed by atoms with van der Waals surface area (Å²) in [5.74, 6) is 0.223. The summed E-state index contributed by atoms with van der Waals surface area (Å²) < 4.78 is 0. The number of hydrogen-bond acceptors (Lipinski definition) is 5. The van der Waals surface area contributed by atoms with Crippen LogP contribution in [0.2, 0.25) is 0 Å². The maximum absolute atomic E-state index is 11.8. The third-order valence-electron chi connectivity index (χ3n) is 2.99. The van der Waals surface area contributed by atoms with Crippen molar-refractivity contribution in [2.24, 2.45) is 0 Å². The van der Waals surface area contributed by atoms with Crippen LogP contribution in [0.25, 0.3) is 0 Å². The first-order valence-corrected chi connectivity index (χ1v) is 7.42. The van der Waals surface area contributed by atoms with E-state index in [2.05, 4.69) is 20.9 Å². The molecule has 1 fully saturated rings. The third kappa shape index (κ3) is 6.75. The summed E-state index contributed by atoms with van der Waals surface area (Å²) in [7, 11) is 0. The van der Waals surface area contributed by atoms with Gasteiger partial charge in [0, 0.05) is 57.9 Å². The Morgan fingerprint density at radius 1 is 1.40 bits per heavy atom. The molecule has 1 aliphatic rings. The lowest BCUT2D eigenvalue weighted by Crippen LogP contribution is -2.46. The highest BCUT2D eigenvalue weighted by Gasteiger charge is 2.11. The van der Waals surface area contributed by atoms with Crippen molar-refractivity contribution in [2.75, 3.05) is 51.7 Å². The zero-order valence-electron chi connectivity index (χ0n) is 11.6. The van der Waals surface area contributed by atoms with Crippen LogP contribution in [0, 0.1) is 11.3 Å². The summed E-state index contributed by atoms with van der Waals surface area (Å²) in [4.78, 5) is 14.1. The van der Waals surface area contributed by atoms with E-state index in [1.807, 2.05) is 6.07 Å². The number of halogens is 1. The molecule has 0 spiro atoms. The van der Waals surface area contributed by atoms with Gasteiger partial charge in [-0.15, -0.1) is 11.6 Å². The molecule has 0 atom stereocenters. The van der Waals surface area contributed by atoms with Gasteiger partial charge in [-0.25, -0.2) is 0 Å². The van der Waals surface area contributed by atoms with Crippen molar-refractivity contribution < 1.29 is 4.79 Å². The SMILES string of the molecule is N#C/C(=C/NCCCCl)C(=O)NCCN1CCNCC1. The molecule has 0 aromatic rings. The molecule has 0 radical (unpaired) electrons. The molecule has 112 valence electrons. The Kier molecular flexibility index (Phi) is 8.79. The largest absolute Gasteiger partial charge is 0.390 e. The van der Waals surface area contributed by atoms with Crippen molar-refractivity contribution in [2.45, 2.75) is 6.42 Å². The molecule has 0 aliphatic carbocycles. The van der Waals surface area contributed by atoms with E-state index in [1.165, 1.54) is 6.20 Å². The maximum Gasteiger partial charge on any atom is 0.263 e. The molecule has 0 aromatic heterocycles. The van der Waals surface area contributed by atoms with E-state index in [0.717, 1.165) is 39.1 Å². The van der Waals surface area contributed by atoms with Gasteiger partial charge in [0.15, 0.2) is 0 Å². The van der Waals surface area contributed by atoms with Gasteiger partial charge in [-0.1, -0.05) is 0 Å². The Morgan fingerprint density at radius 2 is 2.15 bits per heavy atom. The fourth-order valence-corrected chi connectivity index (χ4v) is 1.98. The lowest BCUT2D eigenvalue weighted by atomic mass is 10.3. The Labute approximate surface area is 125 Å². The lowest BCUT2D eigenvalue weighted by molar-refractivity contribution is -0.117. The van der Waals surface area contributed by atoms with Gasteiger partial charge < -0.3 is 16.0 Å². The normalized spacial score (nSPS) is 16.5. The van der Waals surface area contributed by atoms with Crippen molar-refractivity contribution in [3.05, 3.63) is 11.8 Å². The minimum absolute atomic E-state index is 0.0971. The highest BCUT2D eigenvalue weighted by molar-refractivity contribution is 6.17. The van der Waals surface area contributed by atoms with Crippen molar-refractivity contribution >= 4 is 17.5 Å². The average molecular weight is 300 g/mol. The van der Waals surface area contributed by atoms with Gasteiger partial charge in [0.1, 0.15) is 11.6 Å². The molecule has 1 saturated heterocycles. The Morgan fingerprint density at radius 3 is 2.80 bits per heavy atom. The number of piperazine rings is 1. The number of hydrogen-bond donors (Lipinski definition) is 3. The number of carbonyl (C=O) groups is 1. The molecule has 7 heteroatoms. The van der Waals surface area contributed by atoms with Gasteiger partial charge in [0.05, 0.1) is 0 Å². The van der Waals surface area contributed by atoms with Crippen molar-refractivity contribution in [3.63, 3.8) is 0 Å². The fourth-order valence-electron chi connectivity index (χ4n) is 1.85. The van der Waals surface area contributed by atoms with Crippen molar-refractivity contribution in [3.8, 4) is 6.07 Å². The van der Waals surface area contributed by atoms with Crippen LogP contribution in [-0.4, -0.2) is 62.5 Å². The third-order valence-corrected chi connectivity index (χ3v) is 3.26. The lowest BCUT2D eigenvalue weighted by Gasteiger charge is -2.27. The second-order valence-electron chi connectivity index (χ2n) is 4.51. The molecule has 3 N–H and O–H groups in total. The van der Waals surface area contributed by atoms with Crippen LogP contribution in [0.15, 0.2) is 11.8 Å². The average Bonchev–Trinajstić information content (AvgIpc) is 2.48. The molecule has 0 unspecified atom stereocenters. The molecule has 0 bridgehead atoms. The van der Waals surface area contributed by atoms with E-state index in [-0.39, 0.29) is 11.5 Å². The van der Waals surface area contributed by atoms with Crippen LogP contribution in [0.5, 0.6) is 0 Å². The molecule has 0 saturated carbocycles. The van der Waals surface area contributed by atoms with Gasteiger partial charge in [0.25, 0.3) is 5.91 Å². The van der Waals surface area contributed by atoms with E-state index in [4.69, 9.17) is 16.9 Å². The summed E-state index contributed by atoms with van der Waals surface area (Å²) in [5.41, 5.74) is 0.0971. The first kappa shape index (κ1) is 16.8. The summed E-state index contributed by atoms with van der Waals surface area (Å²) in [6, 6.07) is 1.90. The number of nitrogens with one attached hydrogen (secondary N) is 3. The molecule has 1 aliphatic heterocycles. The number of nitriles is 1. The second-order valence-corrected chi connectivity index (χ2v) is 4.89. The summed E-state index contributed by atoms with van der Waals surface area (Å²) in [5, 5.41) is 17.9. The Hall–Kier alpha value is -1.29. The zero-order chi connectivity index (χ0) is 14.6. The van der Waals surface area contributed by atoms with Crippen LogP contribution in [0.3, 0.4) is 0 Å². The Bertz CT molecular complexity index is 360. The molecule has 6 nitrogen and oxygen atoms in total. The van der Waals surface area contributed by atoms with Crippen LogP contribution in [-0.2, 0) is 4.79 Å². The van der Waals surface area contributed by atoms with Gasteiger partial charge in [-0.3, -0.25) is 9.69 Å². The van der Waals surface area contributed by atoms with Crippen molar-refractivity contribution in [1.29, 1.82) is 5.26 Å². The highest BCUT2D eigenvalue weighted by Crippen LogP contribution is 1.93. The van der Waals surface area contributed by atoms with Crippen LogP contribution >= 0.6 is 11.6 Å². The predicted octanol–water partition coefficient (Wildman–Crippen LogP) is -0.366. The molecular formula is C13H22ClN5O. The number of nitrogens with zero attached hydrogens (tertiary/aromatic N) is 2. The minimum Gasteiger partial charge on any atom is -0.390 e. The smallest absolute Gasteiger partial charge is 0.263 e. The van der Waals surface area contributed by atoms with E-state index in [1.54, 1.807) is 0 Å². The van der Waals surface area contributed by atoms with Crippen LogP contribution in [0.1, 0.15) is 6.42 Å². The van der Waals surface area contributed by atoms with E-state index in [9.17, 15) is 4.79 Å². The number of carbonyl (C=O) groups excluding carboxylic acids is 1. The summed E-state index contributed by atoms with van der Waals surface area (Å²) in [6.45, 7) is 5.99. The molecular weight excluding hydrogens is 278 g/mol. The van der Waals surface area contributed by atoms with Gasteiger partial charge in [-0.05, 0) is 6.42 Å². The Balaban J connectivity index is 2.23. The highest BCUT2D eigenvalue weighted by atomic mass is 35.5. The summed E-state index contributed by atoms with van der Waals surface area (Å²) >= 11 is 5.54. The number of amides is 1. The second kappa shape index (κ2) is 10.5. The molecule has 1 rings (SSSR count). The first-order valence-electron chi connectivity index (χ1n) is 6.89. The van der Waals surface area contributed by atoms with Crippen molar-refractivity contribution in [1.82, 2.24) is 20.9 Å². The van der Waals surface area contributed by atoms with Gasteiger partial charge >= 0.3 is 0 Å². The zero-order valence-corrected chi connectivity index (χ0v) is 12.4. The molecule has 20 heavy (non-hydrogen) atoms. The predicted molar refractivity (Wildman–Crippen MR) is 79.4 cm³/mol. The topological polar surface area (TPSA) is 80.2 Å². The van der Waals surface area contributed by atoms with E-state index < -0.39 is 0 Å². The van der Waals surface area contributed by atoms with E-state index >= 15 is 0 Å². The van der Waals surface area contributed by atoms with Crippen LogP contribution < -0.4 is 16.0 Å². The first-order chi connectivity index (χ1) is 9.77. The van der Waals surface area contributed by atoms with Gasteiger partial charge in [-0.2, -0.15) is 5.26 Å². The molecule has 0 aromatic carbocycles. The molecule has 1 heterocycles. The minimum atomic E-state index is -0.332. The van der Waals surface area contributed by atoms with Gasteiger partial charge in [0.2, 0.25) is 0 Å². The van der Waals surface area contributed by atoms with E-state index in [0.29, 0.717) is 19.0 Å². The monoisotopic (exact) mass is 299 g/mol. The number of alkyl halides is 1. The number of rotatable bonds is 8. The fraction of sp³-hybridized carbons (Fsp3) is 0.692. The summed E-state index contributed by atoms with van der Waals surface area (Å²) in [6.07, 6.45) is 2.24. The standard InChI is InChI=1S/C13H22ClN5O/c14-2-1-3-17-11-12(10-15)13(20)18-6-9-19-7-4-16-5-8-19/h11,16-17H,1-9H2,(H,18,20)/b12-11-. The quantitative estimate of drug-likeness (QED) is 0.247. The van der Waals surface area contributed by atoms with Crippen LogP contribution in [0.4, 0.5) is 0 Å².